The lowest BCUT2D eigenvalue weighted by atomic mass is 10.1. The van der Waals surface area contributed by atoms with Gasteiger partial charge < -0.3 is 23.9 Å². The molecular weight excluding hydrogens is 338 g/mol. The number of aromatic amines is 1. The maximum atomic E-state index is 12.4. The number of benzene rings is 2. The number of hydrogen-bond acceptors (Lipinski definition) is 6. The Morgan fingerprint density at radius 1 is 1.04 bits per heavy atom. The number of methoxy groups -OCH3 is 1. The Kier molecular flexibility index (Phi) is 3.76. The summed E-state index contributed by atoms with van der Waals surface area (Å²) >= 11 is 0. The van der Waals surface area contributed by atoms with Crippen LogP contribution < -0.4 is 14.2 Å². The van der Waals surface area contributed by atoms with Crippen LogP contribution in [0.5, 0.6) is 17.2 Å². The largest absolute Gasteiger partial charge is 0.465 e. The topological polar surface area (TPSA) is 86.9 Å². The van der Waals surface area contributed by atoms with Gasteiger partial charge >= 0.3 is 11.9 Å². The van der Waals surface area contributed by atoms with Gasteiger partial charge in [-0.15, -0.1) is 0 Å². The van der Waals surface area contributed by atoms with Crippen molar-refractivity contribution in [1.82, 2.24) is 4.98 Å². The highest BCUT2D eigenvalue weighted by molar-refractivity contribution is 6.06. The normalized spacial score (nSPS) is 12.2. The highest BCUT2D eigenvalue weighted by Gasteiger charge is 2.20. The molecule has 2 heterocycles. The zero-order chi connectivity index (χ0) is 18.3. The van der Waals surface area contributed by atoms with E-state index in [1.165, 1.54) is 7.11 Å². The van der Waals surface area contributed by atoms with E-state index in [0.29, 0.717) is 39.5 Å². The fourth-order valence-corrected chi connectivity index (χ4v) is 2.92. The Bertz CT molecular complexity index is 1040. The molecule has 0 atom stereocenters. The molecule has 1 aliphatic rings. The minimum atomic E-state index is -0.533. The number of carbonyl (C=O) groups is 2. The Balaban J connectivity index is 1.64. The van der Waals surface area contributed by atoms with Gasteiger partial charge in [-0.25, -0.2) is 9.59 Å². The van der Waals surface area contributed by atoms with Crippen molar-refractivity contribution in [3.05, 3.63) is 53.2 Å². The summed E-state index contributed by atoms with van der Waals surface area (Å²) in [6.07, 6.45) is 0. The highest BCUT2D eigenvalue weighted by Crippen LogP contribution is 2.33. The van der Waals surface area contributed by atoms with Gasteiger partial charge in [0.05, 0.1) is 18.2 Å². The number of rotatable bonds is 3. The molecule has 7 nitrogen and oxygen atoms in total. The molecule has 0 fully saturated rings. The zero-order valence-corrected chi connectivity index (χ0v) is 14.1. The van der Waals surface area contributed by atoms with Gasteiger partial charge in [-0.05, 0) is 43.3 Å². The van der Waals surface area contributed by atoms with Crippen LogP contribution in [-0.4, -0.2) is 30.8 Å². The molecule has 0 saturated carbocycles. The first-order chi connectivity index (χ1) is 12.6. The smallest absolute Gasteiger partial charge is 0.343 e. The van der Waals surface area contributed by atoms with Crippen LogP contribution in [0.4, 0.5) is 0 Å². The van der Waals surface area contributed by atoms with E-state index in [-0.39, 0.29) is 6.79 Å². The number of H-pyrrole nitrogens is 1. The lowest BCUT2D eigenvalue weighted by Crippen LogP contribution is -2.08. The maximum absolute atomic E-state index is 12.4. The molecule has 3 aromatic rings. The number of ether oxygens (including phenoxy) is 4. The molecule has 0 radical (unpaired) electrons. The van der Waals surface area contributed by atoms with Crippen molar-refractivity contribution in [2.75, 3.05) is 13.9 Å². The average molecular weight is 353 g/mol. The van der Waals surface area contributed by atoms with Crippen molar-refractivity contribution >= 4 is 22.8 Å². The van der Waals surface area contributed by atoms with Gasteiger partial charge in [-0.3, -0.25) is 0 Å². The van der Waals surface area contributed by atoms with Gasteiger partial charge in [0, 0.05) is 16.6 Å². The minimum Gasteiger partial charge on any atom is -0.465 e. The predicted octanol–water partition coefficient (Wildman–Crippen LogP) is 3.21. The Hall–Kier alpha value is -3.48. The number of aromatic nitrogens is 1. The predicted molar refractivity (Wildman–Crippen MR) is 91.9 cm³/mol. The molecule has 7 heteroatoms. The second-order valence-corrected chi connectivity index (χ2v) is 5.78. The first kappa shape index (κ1) is 16.0. The lowest BCUT2D eigenvalue weighted by Gasteiger charge is -2.06. The molecule has 0 spiro atoms. The molecule has 0 aliphatic carbocycles. The van der Waals surface area contributed by atoms with E-state index in [1.54, 1.807) is 43.3 Å². The third-order valence-electron chi connectivity index (χ3n) is 4.17. The summed E-state index contributed by atoms with van der Waals surface area (Å²) in [5, 5.41) is 0.630. The Morgan fingerprint density at radius 2 is 1.85 bits per heavy atom. The van der Waals surface area contributed by atoms with Gasteiger partial charge in [-0.2, -0.15) is 0 Å². The molecule has 132 valence electrons. The van der Waals surface area contributed by atoms with Gasteiger partial charge in [0.15, 0.2) is 11.5 Å². The van der Waals surface area contributed by atoms with Crippen LogP contribution in [0.15, 0.2) is 36.4 Å². The Labute approximate surface area is 148 Å². The molecule has 1 aromatic heterocycles. The number of aryl methyl sites for hydroxylation is 1. The van der Waals surface area contributed by atoms with Crippen LogP contribution in [0.2, 0.25) is 0 Å². The molecular formula is C19H15NO6. The summed E-state index contributed by atoms with van der Waals surface area (Å²) in [6.45, 7) is 1.91. The van der Waals surface area contributed by atoms with Gasteiger partial charge in [0.25, 0.3) is 0 Å². The fraction of sp³-hybridized carbons (Fsp3) is 0.158. The zero-order valence-electron chi connectivity index (χ0n) is 14.1. The van der Waals surface area contributed by atoms with E-state index in [1.807, 2.05) is 0 Å². The summed E-state index contributed by atoms with van der Waals surface area (Å²) in [5.41, 5.74) is 2.20. The third-order valence-corrected chi connectivity index (χ3v) is 4.17. The number of esters is 2. The quantitative estimate of drug-likeness (QED) is 0.575. The van der Waals surface area contributed by atoms with Crippen molar-refractivity contribution in [2.24, 2.45) is 0 Å². The molecule has 1 aliphatic heterocycles. The van der Waals surface area contributed by atoms with Gasteiger partial charge in [-0.1, -0.05) is 0 Å². The number of fused-ring (bicyclic) bond motifs is 2. The highest BCUT2D eigenvalue weighted by atomic mass is 16.7. The SMILES string of the molecule is COC(=O)c1c(C)[nH]c2ccc(OC(=O)c3ccc4c(c3)OCO4)cc12. The van der Waals surface area contributed by atoms with Crippen LogP contribution in [0.1, 0.15) is 26.4 Å². The number of carbonyl (C=O) groups excluding carboxylic acids is 2. The van der Waals surface area contributed by atoms with E-state index in [2.05, 4.69) is 4.98 Å². The van der Waals surface area contributed by atoms with Crippen molar-refractivity contribution in [3.63, 3.8) is 0 Å². The van der Waals surface area contributed by atoms with Crippen LogP contribution in [0, 0.1) is 6.92 Å². The lowest BCUT2D eigenvalue weighted by molar-refractivity contribution is 0.0602. The van der Waals surface area contributed by atoms with Crippen molar-refractivity contribution < 1.29 is 28.5 Å². The molecule has 26 heavy (non-hydrogen) atoms. The molecule has 0 unspecified atom stereocenters. The standard InChI is InChI=1S/C19H15NO6/c1-10-17(19(22)23-2)13-8-12(4-5-14(13)20-10)26-18(21)11-3-6-15-16(7-11)25-9-24-15/h3-8,20H,9H2,1-2H3. The summed E-state index contributed by atoms with van der Waals surface area (Å²) < 4.78 is 20.8. The van der Waals surface area contributed by atoms with Crippen molar-refractivity contribution in [2.45, 2.75) is 6.92 Å². The van der Waals surface area contributed by atoms with Gasteiger partial charge in [0.1, 0.15) is 5.75 Å². The fourth-order valence-electron chi connectivity index (χ4n) is 2.92. The van der Waals surface area contributed by atoms with Gasteiger partial charge in [0.2, 0.25) is 6.79 Å². The second kappa shape index (κ2) is 6.11. The molecule has 0 saturated heterocycles. The van der Waals surface area contributed by atoms with E-state index in [9.17, 15) is 9.59 Å². The second-order valence-electron chi connectivity index (χ2n) is 5.78. The number of hydrogen-bond donors (Lipinski definition) is 1. The Morgan fingerprint density at radius 3 is 2.65 bits per heavy atom. The first-order valence-corrected chi connectivity index (χ1v) is 7.89. The third kappa shape index (κ3) is 2.63. The van der Waals surface area contributed by atoms with Crippen LogP contribution >= 0.6 is 0 Å². The molecule has 1 N–H and O–H groups in total. The maximum Gasteiger partial charge on any atom is 0.343 e. The van der Waals surface area contributed by atoms with Crippen LogP contribution in [0.25, 0.3) is 10.9 Å². The molecule has 0 bridgehead atoms. The van der Waals surface area contributed by atoms with E-state index >= 15 is 0 Å². The summed E-state index contributed by atoms with van der Waals surface area (Å²) in [4.78, 5) is 27.5. The number of nitrogens with one attached hydrogen (secondary N) is 1. The van der Waals surface area contributed by atoms with Crippen LogP contribution in [-0.2, 0) is 4.74 Å². The van der Waals surface area contributed by atoms with Crippen LogP contribution in [0.3, 0.4) is 0 Å². The monoisotopic (exact) mass is 353 g/mol. The molecule has 2 aromatic carbocycles. The average Bonchev–Trinajstić information content (AvgIpc) is 3.23. The summed E-state index contributed by atoms with van der Waals surface area (Å²) in [5.74, 6) is 0.435. The van der Waals surface area contributed by atoms with Crippen molar-refractivity contribution in [1.29, 1.82) is 0 Å². The molecule has 0 amide bonds. The van der Waals surface area contributed by atoms with Crippen molar-refractivity contribution in [3.8, 4) is 17.2 Å². The van der Waals surface area contributed by atoms with E-state index in [4.69, 9.17) is 18.9 Å². The summed E-state index contributed by atoms with van der Waals surface area (Å²) in [7, 11) is 1.32. The molecule has 4 rings (SSSR count). The minimum absolute atomic E-state index is 0.133. The first-order valence-electron chi connectivity index (χ1n) is 7.89. The summed E-state index contributed by atoms with van der Waals surface area (Å²) in [6, 6.07) is 9.88. The van der Waals surface area contributed by atoms with E-state index < -0.39 is 11.9 Å². The van der Waals surface area contributed by atoms with E-state index in [0.717, 1.165) is 5.52 Å².